The van der Waals surface area contributed by atoms with Gasteiger partial charge in [0.05, 0.1) is 11.4 Å². The van der Waals surface area contributed by atoms with Gasteiger partial charge in [-0.25, -0.2) is 4.68 Å². The molecule has 1 atom stereocenters. The molecule has 1 unspecified atom stereocenters. The molecule has 122 valence electrons. The molecule has 1 amide bonds. The van der Waals surface area contributed by atoms with E-state index in [1.807, 2.05) is 28.5 Å². The summed E-state index contributed by atoms with van der Waals surface area (Å²) < 4.78 is 1.26. The predicted molar refractivity (Wildman–Crippen MR) is 94.3 cm³/mol. The van der Waals surface area contributed by atoms with Crippen molar-refractivity contribution in [2.75, 3.05) is 6.54 Å². The average molecular weight is 339 g/mol. The molecule has 0 aliphatic carbocycles. The molecule has 0 N–H and O–H groups in total. The number of aryl methyl sites for hydroxylation is 1. The number of aromatic nitrogens is 2. The summed E-state index contributed by atoms with van der Waals surface area (Å²) in [7, 11) is 1.59. The summed E-state index contributed by atoms with van der Waals surface area (Å²) >= 11 is 1.68. The Morgan fingerprint density at radius 3 is 2.75 bits per heavy atom. The van der Waals surface area contributed by atoms with E-state index in [-0.39, 0.29) is 17.5 Å². The van der Waals surface area contributed by atoms with Crippen molar-refractivity contribution in [3.05, 3.63) is 62.7 Å². The van der Waals surface area contributed by atoms with Crippen LogP contribution < -0.4 is 5.56 Å². The fraction of sp³-hybridized carbons (Fsp3) is 0.278. The summed E-state index contributed by atoms with van der Waals surface area (Å²) in [5.41, 5.74) is 0.175. The molecule has 0 saturated carbocycles. The maximum atomic E-state index is 13.2. The minimum atomic E-state index is -0.182. The van der Waals surface area contributed by atoms with E-state index >= 15 is 0 Å². The number of likely N-dealkylation sites (tertiary alicyclic amines) is 1. The first-order valence-electron chi connectivity index (χ1n) is 7.97. The minimum absolute atomic E-state index is 0.0994. The Labute approximate surface area is 143 Å². The van der Waals surface area contributed by atoms with Crippen molar-refractivity contribution in [1.82, 2.24) is 14.7 Å². The quantitative estimate of drug-likeness (QED) is 0.721. The van der Waals surface area contributed by atoms with Crippen LogP contribution in [0.3, 0.4) is 0 Å². The average Bonchev–Trinajstić information content (AvgIpc) is 3.28. The number of benzene rings is 1. The minimum Gasteiger partial charge on any atom is -0.329 e. The maximum Gasteiger partial charge on any atom is 0.275 e. The second kappa shape index (κ2) is 5.87. The molecular weight excluding hydrogens is 322 g/mol. The molecule has 1 fully saturated rings. The highest BCUT2D eigenvalue weighted by Gasteiger charge is 2.33. The highest BCUT2D eigenvalue weighted by atomic mass is 32.1. The van der Waals surface area contributed by atoms with Gasteiger partial charge in [-0.3, -0.25) is 9.59 Å². The predicted octanol–water partition coefficient (Wildman–Crippen LogP) is 2.97. The zero-order chi connectivity index (χ0) is 16.7. The molecule has 0 radical (unpaired) electrons. The second-order valence-electron chi connectivity index (χ2n) is 5.99. The Morgan fingerprint density at radius 2 is 2.00 bits per heavy atom. The summed E-state index contributed by atoms with van der Waals surface area (Å²) in [5.74, 6) is -0.0994. The molecular formula is C18H17N3O2S. The van der Waals surface area contributed by atoms with Crippen LogP contribution in [-0.4, -0.2) is 27.1 Å². The Kier molecular flexibility index (Phi) is 3.69. The molecule has 2 aromatic heterocycles. The largest absolute Gasteiger partial charge is 0.329 e. The SMILES string of the molecule is Cn1nc(C(=O)N2CCCC2c2cccs2)c2ccccc2c1=O. The topological polar surface area (TPSA) is 55.2 Å². The van der Waals surface area contributed by atoms with Crippen molar-refractivity contribution in [2.24, 2.45) is 7.05 Å². The van der Waals surface area contributed by atoms with E-state index in [2.05, 4.69) is 11.2 Å². The molecule has 3 aromatic rings. The monoisotopic (exact) mass is 339 g/mol. The third-order valence-corrected chi connectivity index (χ3v) is 5.52. The number of nitrogens with zero attached hydrogens (tertiary/aromatic N) is 3. The molecule has 6 heteroatoms. The summed E-state index contributed by atoms with van der Waals surface area (Å²) in [6.07, 6.45) is 1.95. The molecule has 24 heavy (non-hydrogen) atoms. The lowest BCUT2D eigenvalue weighted by molar-refractivity contribution is 0.0731. The van der Waals surface area contributed by atoms with Gasteiger partial charge in [0, 0.05) is 23.9 Å². The Morgan fingerprint density at radius 1 is 1.21 bits per heavy atom. The number of thiophene rings is 1. The van der Waals surface area contributed by atoms with Crippen LogP contribution in [0.5, 0.6) is 0 Å². The summed E-state index contributed by atoms with van der Waals surface area (Å²) in [6.45, 7) is 0.722. The van der Waals surface area contributed by atoms with Gasteiger partial charge in [-0.1, -0.05) is 24.3 Å². The number of hydrogen-bond donors (Lipinski definition) is 0. The van der Waals surface area contributed by atoms with E-state index in [1.165, 1.54) is 9.56 Å². The first kappa shape index (κ1) is 15.1. The molecule has 5 nitrogen and oxygen atoms in total. The summed E-state index contributed by atoms with van der Waals surface area (Å²) in [6, 6.07) is 11.4. The van der Waals surface area contributed by atoms with Crippen molar-refractivity contribution in [3.63, 3.8) is 0 Å². The van der Waals surface area contributed by atoms with Crippen LogP contribution in [0.2, 0.25) is 0 Å². The first-order valence-corrected chi connectivity index (χ1v) is 8.85. The highest BCUT2D eigenvalue weighted by Crippen LogP contribution is 2.35. The lowest BCUT2D eigenvalue weighted by Crippen LogP contribution is -2.33. The smallest absolute Gasteiger partial charge is 0.275 e. The standard InChI is InChI=1S/C18H17N3O2S/c1-20-17(22)13-7-3-2-6-12(13)16(19-20)18(23)21-10-4-8-14(21)15-9-5-11-24-15/h2-3,5-7,9,11,14H,4,8,10H2,1H3. The van der Waals surface area contributed by atoms with Crippen LogP contribution in [-0.2, 0) is 7.05 Å². The van der Waals surface area contributed by atoms with Gasteiger partial charge >= 0.3 is 0 Å². The van der Waals surface area contributed by atoms with Gasteiger partial charge in [-0.2, -0.15) is 5.10 Å². The van der Waals surface area contributed by atoms with Crippen LogP contribution in [0, 0.1) is 0 Å². The summed E-state index contributed by atoms with van der Waals surface area (Å²) in [4.78, 5) is 28.5. The maximum absolute atomic E-state index is 13.2. The van der Waals surface area contributed by atoms with Gasteiger partial charge in [0.1, 0.15) is 0 Å². The van der Waals surface area contributed by atoms with Gasteiger partial charge in [0.25, 0.3) is 11.5 Å². The van der Waals surface area contributed by atoms with Gasteiger partial charge in [0.2, 0.25) is 0 Å². The van der Waals surface area contributed by atoms with E-state index in [0.717, 1.165) is 19.4 Å². The molecule has 1 aliphatic rings. The second-order valence-corrected chi connectivity index (χ2v) is 6.97. The zero-order valence-corrected chi connectivity index (χ0v) is 14.1. The molecule has 0 bridgehead atoms. The molecule has 1 aromatic carbocycles. The van der Waals surface area contributed by atoms with Crippen LogP contribution in [0.25, 0.3) is 10.8 Å². The highest BCUT2D eigenvalue weighted by molar-refractivity contribution is 7.10. The van der Waals surface area contributed by atoms with E-state index < -0.39 is 0 Å². The van der Waals surface area contributed by atoms with Crippen molar-refractivity contribution >= 4 is 28.0 Å². The van der Waals surface area contributed by atoms with Crippen molar-refractivity contribution in [2.45, 2.75) is 18.9 Å². The molecule has 1 aliphatic heterocycles. The molecule has 4 rings (SSSR count). The number of carbonyl (C=O) groups excluding carboxylic acids is 1. The van der Waals surface area contributed by atoms with Gasteiger partial charge < -0.3 is 4.90 Å². The number of amides is 1. The molecule has 3 heterocycles. The molecule has 1 saturated heterocycles. The van der Waals surface area contributed by atoms with E-state index in [9.17, 15) is 9.59 Å². The Hall–Kier alpha value is -2.47. The Bertz CT molecular complexity index is 962. The van der Waals surface area contributed by atoms with Crippen LogP contribution >= 0.6 is 11.3 Å². The normalized spacial score (nSPS) is 17.5. The lowest BCUT2D eigenvalue weighted by Gasteiger charge is -2.24. The fourth-order valence-corrected chi connectivity index (χ4v) is 4.25. The third kappa shape index (κ3) is 2.34. The van der Waals surface area contributed by atoms with Gasteiger partial charge in [-0.15, -0.1) is 11.3 Å². The number of hydrogen-bond acceptors (Lipinski definition) is 4. The van der Waals surface area contributed by atoms with E-state index in [4.69, 9.17) is 0 Å². The van der Waals surface area contributed by atoms with Gasteiger partial charge in [0.15, 0.2) is 5.69 Å². The van der Waals surface area contributed by atoms with Crippen LogP contribution in [0.4, 0.5) is 0 Å². The van der Waals surface area contributed by atoms with E-state index in [0.29, 0.717) is 16.5 Å². The van der Waals surface area contributed by atoms with Crippen molar-refractivity contribution < 1.29 is 4.79 Å². The zero-order valence-electron chi connectivity index (χ0n) is 13.3. The van der Waals surface area contributed by atoms with Crippen LogP contribution in [0.15, 0.2) is 46.6 Å². The third-order valence-electron chi connectivity index (χ3n) is 4.54. The van der Waals surface area contributed by atoms with Crippen LogP contribution in [0.1, 0.15) is 34.2 Å². The summed E-state index contributed by atoms with van der Waals surface area (Å²) in [5, 5.41) is 7.48. The van der Waals surface area contributed by atoms with Crippen molar-refractivity contribution in [1.29, 1.82) is 0 Å². The first-order chi connectivity index (χ1) is 11.7. The Balaban J connectivity index is 1.81. The van der Waals surface area contributed by atoms with E-state index in [1.54, 1.807) is 30.5 Å². The fourth-order valence-electron chi connectivity index (χ4n) is 3.38. The number of carbonyl (C=O) groups is 1. The molecule has 0 spiro atoms. The lowest BCUT2D eigenvalue weighted by atomic mass is 10.1. The number of rotatable bonds is 2. The van der Waals surface area contributed by atoms with Crippen molar-refractivity contribution in [3.8, 4) is 0 Å². The van der Waals surface area contributed by atoms with Gasteiger partial charge in [-0.05, 0) is 30.4 Å². The number of fused-ring (bicyclic) bond motifs is 1.